The van der Waals surface area contributed by atoms with E-state index in [1.54, 1.807) is 26.4 Å². The molecule has 2 aliphatic heterocycles. The summed E-state index contributed by atoms with van der Waals surface area (Å²) in [4.78, 5) is 14.4. The molecular formula is C34H40N2O7. The summed E-state index contributed by atoms with van der Waals surface area (Å²) in [6.45, 7) is 8.26. The van der Waals surface area contributed by atoms with Gasteiger partial charge in [-0.2, -0.15) is 0 Å². The molecule has 1 fully saturated rings. The van der Waals surface area contributed by atoms with Crippen LogP contribution in [0.2, 0.25) is 0 Å². The summed E-state index contributed by atoms with van der Waals surface area (Å²) in [7, 11) is 3.32. The van der Waals surface area contributed by atoms with Crippen LogP contribution in [0.4, 0.5) is 10.5 Å². The van der Waals surface area contributed by atoms with Gasteiger partial charge in [0, 0.05) is 36.8 Å². The molecule has 9 heteroatoms. The fourth-order valence-corrected chi connectivity index (χ4v) is 5.69. The highest BCUT2D eigenvalue weighted by Crippen LogP contribution is 2.42. The fraction of sp³-hybridized carbons (Fsp3) is 0.382. The number of aliphatic hydroxyl groups excluding tert-OH is 1. The maximum absolute atomic E-state index is 12.0. The fourth-order valence-electron chi connectivity index (χ4n) is 5.69. The lowest BCUT2D eigenvalue weighted by molar-refractivity contribution is -0.276. The molecule has 0 aliphatic carbocycles. The maximum atomic E-state index is 12.0. The molecule has 0 saturated carbocycles. The number of anilines is 1. The summed E-state index contributed by atoms with van der Waals surface area (Å²) < 4.78 is 29.3. The molecule has 2 aliphatic rings. The van der Waals surface area contributed by atoms with Gasteiger partial charge in [0.2, 0.25) is 0 Å². The number of amides is 1. The number of aliphatic hydroxyl groups is 1. The van der Waals surface area contributed by atoms with E-state index in [9.17, 15) is 9.90 Å². The monoisotopic (exact) mass is 588 g/mol. The van der Waals surface area contributed by atoms with E-state index in [2.05, 4.69) is 35.9 Å². The quantitative estimate of drug-likeness (QED) is 0.288. The molecule has 4 atom stereocenters. The third-order valence-electron chi connectivity index (χ3n) is 8.12. The number of nitrogens with one attached hydrogen (secondary N) is 1. The summed E-state index contributed by atoms with van der Waals surface area (Å²) in [5, 5.41) is 12.3. The zero-order valence-electron chi connectivity index (χ0n) is 25.0. The minimum atomic E-state index is -0.605. The SMILES string of the molecule is C=CCOC(=O)Nc1ccc([C@H]2O[C@@H](CN3CCc4cc(OC)c(OC)cc4C3)[C@@H](C)[C@@H](c3ccc(CO)cc3)O2)cc1. The Balaban J connectivity index is 1.35. The Morgan fingerprint density at radius 2 is 1.70 bits per heavy atom. The lowest BCUT2D eigenvalue weighted by Gasteiger charge is -2.43. The molecule has 9 nitrogen and oxygen atoms in total. The molecule has 43 heavy (non-hydrogen) atoms. The second kappa shape index (κ2) is 14.1. The number of methoxy groups -OCH3 is 2. The smallest absolute Gasteiger partial charge is 0.411 e. The molecule has 3 aromatic carbocycles. The van der Waals surface area contributed by atoms with Crippen molar-refractivity contribution < 1.29 is 33.6 Å². The maximum Gasteiger partial charge on any atom is 0.411 e. The number of fused-ring (bicyclic) bond motifs is 1. The molecule has 2 heterocycles. The van der Waals surface area contributed by atoms with Gasteiger partial charge in [-0.3, -0.25) is 10.2 Å². The lowest BCUT2D eigenvalue weighted by atomic mass is 9.89. The third-order valence-corrected chi connectivity index (χ3v) is 8.12. The van der Waals surface area contributed by atoms with E-state index in [0.717, 1.165) is 54.2 Å². The number of hydrogen-bond acceptors (Lipinski definition) is 8. The lowest BCUT2D eigenvalue weighted by Crippen LogP contribution is -2.45. The van der Waals surface area contributed by atoms with Crippen molar-refractivity contribution in [3.8, 4) is 11.5 Å². The van der Waals surface area contributed by atoms with Crippen LogP contribution in [0.25, 0.3) is 0 Å². The van der Waals surface area contributed by atoms with Crippen LogP contribution in [0.3, 0.4) is 0 Å². The van der Waals surface area contributed by atoms with Crippen molar-refractivity contribution in [2.24, 2.45) is 5.92 Å². The molecule has 0 bridgehead atoms. The van der Waals surface area contributed by atoms with Crippen LogP contribution in [0.5, 0.6) is 11.5 Å². The van der Waals surface area contributed by atoms with Crippen molar-refractivity contribution in [3.05, 3.63) is 101 Å². The first-order valence-corrected chi connectivity index (χ1v) is 14.5. The highest BCUT2D eigenvalue weighted by molar-refractivity contribution is 5.84. The number of rotatable bonds is 10. The van der Waals surface area contributed by atoms with E-state index in [-0.39, 0.29) is 31.3 Å². The predicted octanol–water partition coefficient (Wildman–Crippen LogP) is 5.78. The second-order valence-corrected chi connectivity index (χ2v) is 10.9. The summed E-state index contributed by atoms with van der Waals surface area (Å²) in [6, 6.07) is 19.4. The molecule has 1 saturated heterocycles. The van der Waals surface area contributed by atoms with Crippen LogP contribution in [-0.2, 0) is 33.8 Å². The zero-order chi connectivity index (χ0) is 30.3. The average Bonchev–Trinajstić information content (AvgIpc) is 3.04. The number of carbonyl (C=O) groups excluding carboxylic acids is 1. The number of ether oxygens (including phenoxy) is 5. The Bertz CT molecular complexity index is 1390. The summed E-state index contributed by atoms with van der Waals surface area (Å²) in [5.41, 5.74) is 5.84. The number of hydrogen-bond donors (Lipinski definition) is 2. The van der Waals surface area contributed by atoms with E-state index in [1.165, 1.54) is 17.2 Å². The van der Waals surface area contributed by atoms with E-state index < -0.39 is 12.4 Å². The van der Waals surface area contributed by atoms with Crippen molar-refractivity contribution in [2.75, 3.05) is 39.2 Å². The molecule has 0 aromatic heterocycles. The Kier molecular flexibility index (Phi) is 9.99. The summed E-state index contributed by atoms with van der Waals surface area (Å²) >= 11 is 0. The molecule has 1 amide bonds. The van der Waals surface area contributed by atoms with Crippen LogP contribution in [0.15, 0.2) is 73.3 Å². The van der Waals surface area contributed by atoms with Gasteiger partial charge in [-0.25, -0.2) is 4.79 Å². The van der Waals surface area contributed by atoms with E-state index in [4.69, 9.17) is 23.7 Å². The first-order valence-electron chi connectivity index (χ1n) is 14.5. The minimum Gasteiger partial charge on any atom is -0.493 e. The van der Waals surface area contributed by atoms with Gasteiger partial charge in [-0.15, -0.1) is 0 Å². The van der Waals surface area contributed by atoms with Crippen molar-refractivity contribution in [1.82, 2.24) is 4.90 Å². The normalized spacial score (nSPS) is 21.9. The van der Waals surface area contributed by atoms with Crippen LogP contribution < -0.4 is 14.8 Å². The number of carbonyl (C=O) groups is 1. The highest BCUT2D eigenvalue weighted by atomic mass is 16.7. The summed E-state index contributed by atoms with van der Waals surface area (Å²) in [6.07, 6.45) is 0.942. The first-order chi connectivity index (χ1) is 20.9. The van der Waals surface area contributed by atoms with Crippen molar-refractivity contribution in [2.45, 2.75) is 45.0 Å². The zero-order valence-corrected chi connectivity index (χ0v) is 25.0. The molecule has 0 unspecified atom stereocenters. The first kappa shape index (κ1) is 30.6. The van der Waals surface area contributed by atoms with Gasteiger partial charge in [0.1, 0.15) is 6.61 Å². The van der Waals surface area contributed by atoms with Gasteiger partial charge >= 0.3 is 6.09 Å². The molecule has 3 aromatic rings. The Morgan fingerprint density at radius 3 is 2.35 bits per heavy atom. The molecular weight excluding hydrogens is 548 g/mol. The number of benzene rings is 3. The standard InChI is InChI=1S/C34H40N2O7/c1-5-16-41-34(38)35-28-12-10-25(11-13-28)33-42-31(22(2)32(43-33)24-8-6-23(21-37)7-9-24)20-36-15-14-26-17-29(39-3)30(40-4)18-27(26)19-36/h5-13,17-18,22,31-33,37H,1,14-16,19-21H2,2-4H3,(H,35,38)/t22-,31+,32+,33+/m1/s1. The molecule has 228 valence electrons. The third kappa shape index (κ3) is 7.19. The van der Waals surface area contributed by atoms with Crippen LogP contribution in [-0.4, -0.2) is 56.1 Å². The van der Waals surface area contributed by atoms with Gasteiger partial charge < -0.3 is 28.8 Å². The highest BCUT2D eigenvalue weighted by Gasteiger charge is 2.39. The molecule has 2 N–H and O–H groups in total. The van der Waals surface area contributed by atoms with Gasteiger partial charge in [0.15, 0.2) is 17.8 Å². The second-order valence-electron chi connectivity index (χ2n) is 10.9. The largest absolute Gasteiger partial charge is 0.493 e. The topological polar surface area (TPSA) is 98.7 Å². The van der Waals surface area contributed by atoms with Crippen molar-refractivity contribution >= 4 is 11.8 Å². The molecule has 0 radical (unpaired) electrons. The predicted molar refractivity (Wildman–Crippen MR) is 163 cm³/mol. The Morgan fingerprint density at radius 1 is 1.02 bits per heavy atom. The minimum absolute atomic E-state index is 0.00959. The van der Waals surface area contributed by atoms with Crippen LogP contribution in [0.1, 0.15) is 47.1 Å². The van der Waals surface area contributed by atoms with Crippen LogP contribution >= 0.6 is 0 Å². The van der Waals surface area contributed by atoms with Crippen molar-refractivity contribution in [3.63, 3.8) is 0 Å². The van der Waals surface area contributed by atoms with E-state index >= 15 is 0 Å². The van der Waals surface area contributed by atoms with Crippen molar-refractivity contribution in [1.29, 1.82) is 0 Å². The van der Waals surface area contributed by atoms with Crippen LogP contribution in [0, 0.1) is 5.92 Å². The van der Waals surface area contributed by atoms with E-state index in [0.29, 0.717) is 5.69 Å². The van der Waals surface area contributed by atoms with Gasteiger partial charge in [-0.1, -0.05) is 56.0 Å². The number of nitrogens with zero attached hydrogens (tertiary/aromatic N) is 1. The molecule has 5 rings (SSSR count). The van der Waals surface area contributed by atoms with E-state index in [1.807, 2.05) is 36.4 Å². The van der Waals surface area contributed by atoms with Gasteiger partial charge in [-0.05, 0) is 52.9 Å². The van der Waals surface area contributed by atoms with Gasteiger partial charge in [0.25, 0.3) is 0 Å². The Labute approximate surface area is 253 Å². The Hall–Kier alpha value is -3.89. The average molecular weight is 589 g/mol. The molecule has 0 spiro atoms. The summed E-state index contributed by atoms with van der Waals surface area (Å²) in [5.74, 6) is 1.55. The van der Waals surface area contributed by atoms with Gasteiger partial charge in [0.05, 0.1) is 33.0 Å².